The van der Waals surface area contributed by atoms with E-state index in [2.05, 4.69) is 17.4 Å². The van der Waals surface area contributed by atoms with Gasteiger partial charge in [-0.1, -0.05) is 30.3 Å². The Bertz CT molecular complexity index is 961. The molecule has 164 valence electrons. The lowest BCUT2D eigenvalue weighted by Gasteiger charge is -2.24. The van der Waals surface area contributed by atoms with Crippen molar-refractivity contribution in [2.24, 2.45) is 0 Å². The summed E-state index contributed by atoms with van der Waals surface area (Å²) in [6, 6.07) is 10.2. The number of halogens is 3. The number of nitrogens with one attached hydrogen (secondary N) is 1. The highest BCUT2D eigenvalue weighted by Crippen LogP contribution is 2.25. The van der Waals surface area contributed by atoms with E-state index >= 15 is 0 Å². The molecule has 1 heterocycles. The monoisotopic (exact) mass is 460 g/mol. The van der Waals surface area contributed by atoms with Crippen LogP contribution in [-0.2, 0) is 28.0 Å². The van der Waals surface area contributed by atoms with Crippen LogP contribution >= 0.6 is 12.6 Å². The molecule has 1 aliphatic heterocycles. The predicted octanol–water partition coefficient (Wildman–Crippen LogP) is 3.07. The van der Waals surface area contributed by atoms with Gasteiger partial charge in [-0.05, 0) is 24.5 Å². The molecule has 30 heavy (non-hydrogen) atoms. The lowest BCUT2D eigenvalue weighted by molar-refractivity contribution is 0.0850. The summed E-state index contributed by atoms with van der Waals surface area (Å²) in [5.74, 6) is -3.36. The number of hydrogen-bond acceptors (Lipinski definition) is 4. The highest BCUT2D eigenvalue weighted by molar-refractivity contribution is 7.87. The van der Waals surface area contributed by atoms with E-state index in [4.69, 9.17) is 4.74 Å². The molecule has 2 atom stereocenters. The zero-order chi connectivity index (χ0) is 21.7. The summed E-state index contributed by atoms with van der Waals surface area (Å²) in [6.45, 7) is 0.145. The van der Waals surface area contributed by atoms with Gasteiger partial charge in [0.2, 0.25) is 0 Å². The van der Waals surface area contributed by atoms with E-state index in [1.807, 2.05) is 30.3 Å². The highest BCUT2D eigenvalue weighted by atomic mass is 32.2. The Morgan fingerprint density at radius 3 is 2.53 bits per heavy atom. The molecule has 2 aromatic rings. The summed E-state index contributed by atoms with van der Waals surface area (Å²) in [5.41, 5.74) is 0.881. The van der Waals surface area contributed by atoms with Gasteiger partial charge in [0, 0.05) is 30.0 Å². The molecule has 0 unspecified atom stereocenters. The van der Waals surface area contributed by atoms with E-state index in [-0.39, 0.29) is 37.1 Å². The number of thiol groups is 1. The van der Waals surface area contributed by atoms with Crippen molar-refractivity contribution in [3.63, 3.8) is 0 Å². The maximum absolute atomic E-state index is 13.7. The maximum Gasteiger partial charge on any atom is 0.279 e. The van der Waals surface area contributed by atoms with E-state index in [0.29, 0.717) is 18.9 Å². The third-order valence-electron chi connectivity index (χ3n) is 4.85. The smallest absolute Gasteiger partial charge is 0.279 e. The first kappa shape index (κ1) is 23.1. The van der Waals surface area contributed by atoms with Crippen LogP contribution in [0.2, 0.25) is 0 Å². The van der Waals surface area contributed by atoms with Crippen LogP contribution in [0.1, 0.15) is 17.5 Å². The van der Waals surface area contributed by atoms with E-state index in [9.17, 15) is 21.6 Å². The lowest BCUT2D eigenvalue weighted by atomic mass is 10.2. The lowest BCUT2D eigenvalue weighted by Crippen LogP contribution is -2.45. The average molecular weight is 461 g/mol. The van der Waals surface area contributed by atoms with Crippen LogP contribution in [0, 0.1) is 17.5 Å². The van der Waals surface area contributed by atoms with Crippen molar-refractivity contribution < 1.29 is 26.3 Å². The molecule has 0 spiro atoms. The van der Waals surface area contributed by atoms with Gasteiger partial charge in [0.15, 0.2) is 11.6 Å². The van der Waals surface area contributed by atoms with Crippen molar-refractivity contribution in [2.45, 2.75) is 30.7 Å². The second kappa shape index (κ2) is 10.1. The van der Waals surface area contributed by atoms with Gasteiger partial charge < -0.3 is 4.74 Å². The summed E-state index contributed by atoms with van der Waals surface area (Å²) >= 11 is 4.38. The molecule has 1 N–H and O–H groups in total. The number of ether oxygens (including phenoxy) is 1. The Morgan fingerprint density at radius 2 is 1.80 bits per heavy atom. The van der Waals surface area contributed by atoms with E-state index in [0.717, 1.165) is 11.6 Å². The molecule has 1 saturated heterocycles. The molecule has 0 amide bonds. The van der Waals surface area contributed by atoms with Gasteiger partial charge in [-0.3, -0.25) is 0 Å². The third kappa shape index (κ3) is 5.98. The molecule has 10 heteroatoms. The quantitative estimate of drug-likeness (QED) is 0.447. The molecular formula is C20H23F3N2O3S2. The third-order valence-corrected chi connectivity index (χ3v) is 6.86. The summed E-state index contributed by atoms with van der Waals surface area (Å²) in [4.78, 5) is 0. The van der Waals surface area contributed by atoms with Gasteiger partial charge in [-0.25, -0.2) is 17.9 Å². The van der Waals surface area contributed by atoms with Crippen LogP contribution < -0.4 is 4.72 Å². The second-order valence-electron chi connectivity index (χ2n) is 7.12. The minimum atomic E-state index is -3.76. The van der Waals surface area contributed by atoms with E-state index in [1.165, 1.54) is 4.31 Å². The zero-order valence-electron chi connectivity index (χ0n) is 16.1. The molecule has 0 radical (unpaired) electrons. The van der Waals surface area contributed by atoms with Crippen molar-refractivity contribution in [1.29, 1.82) is 0 Å². The summed E-state index contributed by atoms with van der Waals surface area (Å²) in [6.07, 6.45) is 1.01. The largest absolute Gasteiger partial charge is 0.375 e. The Labute approximate surface area is 179 Å². The molecule has 0 aromatic heterocycles. The number of benzene rings is 2. The van der Waals surface area contributed by atoms with Crippen LogP contribution in [-0.4, -0.2) is 43.7 Å². The van der Waals surface area contributed by atoms with Crippen molar-refractivity contribution in [2.75, 3.05) is 19.7 Å². The summed E-state index contributed by atoms with van der Waals surface area (Å²) < 4.78 is 74.8. The van der Waals surface area contributed by atoms with Gasteiger partial charge in [0.25, 0.3) is 10.2 Å². The fraction of sp³-hybridized carbons (Fsp3) is 0.400. The average Bonchev–Trinajstić information content (AvgIpc) is 3.08. The Balaban J connectivity index is 1.55. The molecule has 5 nitrogen and oxygen atoms in total. The molecular weight excluding hydrogens is 437 g/mol. The van der Waals surface area contributed by atoms with Crippen LogP contribution in [0.4, 0.5) is 13.2 Å². The summed E-state index contributed by atoms with van der Waals surface area (Å²) in [7, 11) is -3.76. The fourth-order valence-electron chi connectivity index (χ4n) is 3.34. The minimum absolute atomic E-state index is 0.0188. The first-order valence-electron chi connectivity index (χ1n) is 9.46. The molecule has 0 saturated carbocycles. The Kier molecular flexibility index (Phi) is 7.81. The van der Waals surface area contributed by atoms with E-state index < -0.39 is 33.7 Å². The SMILES string of the molecule is O=S(=O)(NCCc1ccccc1)N1C[C@H](S)C[C@H]1COCc1cc(F)c(F)cc1F. The first-order valence-corrected chi connectivity index (χ1v) is 11.4. The van der Waals surface area contributed by atoms with Crippen molar-refractivity contribution in [3.8, 4) is 0 Å². The minimum Gasteiger partial charge on any atom is -0.375 e. The maximum atomic E-state index is 13.7. The molecule has 2 aromatic carbocycles. The Hall–Kier alpha value is -1.59. The van der Waals surface area contributed by atoms with Crippen LogP contribution in [0.3, 0.4) is 0 Å². The van der Waals surface area contributed by atoms with Crippen molar-refractivity contribution in [1.82, 2.24) is 9.03 Å². The van der Waals surface area contributed by atoms with Gasteiger partial charge in [-0.15, -0.1) is 0 Å². The van der Waals surface area contributed by atoms with Gasteiger partial charge in [-0.2, -0.15) is 25.4 Å². The number of nitrogens with zero attached hydrogens (tertiary/aromatic N) is 1. The van der Waals surface area contributed by atoms with Crippen LogP contribution in [0.15, 0.2) is 42.5 Å². The highest BCUT2D eigenvalue weighted by Gasteiger charge is 2.38. The Morgan fingerprint density at radius 1 is 1.10 bits per heavy atom. The molecule has 1 fully saturated rings. The fourth-order valence-corrected chi connectivity index (χ4v) is 5.31. The number of hydrogen-bond donors (Lipinski definition) is 2. The van der Waals surface area contributed by atoms with Crippen LogP contribution in [0.5, 0.6) is 0 Å². The van der Waals surface area contributed by atoms with Gasteiger partial charge in [0.05, 0.1) is 19.3 Å². The predicted molar refractivity (Wildman–Crippen MR) is 111 cm³/mol. The molecule has 0 bridgehead atoms. The number of rotatable bonds is 9. The van der Waals surface area contributed by atoms with Crippen molar-refractivity contribution >= 4 is 22.8 Å². The van der Waals surface area contributed by atoms with E-state index in [1.54, 1.807) is 0 Å². The molecule has 0 aliphatic carbocycles. The molecule has 3 rings (SSSR count). The van der Waals surface area contributed by atoms with Crippen molar-refractivity contribution in [3.05, 3.63) is 71.0 Å². The standard InChI is InChI=1S/C20H23F3N2O3S2/c21-18-10-20(23)19(22)8-15(18)12-28-13-16-9-17(29)11-25(16)30(26,27)24-7-6-14-4-2-1-3-5-14/h1-5,8,10,16-17,24,29H,6-7,9,11-13H2/t16-,17+/m0/s1. The van der Waals surface area contributed by atoms with Gasteiger partial charge in [0.1, 0.15) is 5.82 Å². The van der Waals surface area contributed by atoms with Gasteiger partial charge >= 0.3 is 0 Å². The first-order chi connectivity index (χ1) is 14.3. The molecule has 1 aliphatic rings. The zero-order valence-corrected chi connectivity index (χ0v) is 17.8. The second-order valence-corrected chi connectivity index (χ2v) is 9.56. The van der Waals surface area contributed by atoms with Crippen LogP contribution in [0.25, 0.3) is 0 Å². The topological polar surface area (TPSA) is 58.6 Å². The summed E-state index contributed by atoms with van der Waals surface area (Å²) in [5, 5.41) is -0.163. The normalized spacial score (nSPS) is 20.0.